The van der Waals surface area contributed by atoms with E-state index in [1.807, 2.05) is 6.08 Å². The van der Waals surface area contributed by atoms with E-state index in [4.69, 9.17) is 0 Å². The molecule has 28 heavy (non-hydrogen) atoms. The first-order chi connectivity index (χ1) is 13.8. The second kappa shape index (κ2) is 24.4. The molecular formula is C27H52O. The Hall–Kier alpha value is -0.590. The summed E-state index contributed by atoms with van der Waals surface area (Å²) in [6.07, 6.45) is 33.4. The van der Waals surface area contributed by atoms with Gasteiger partial charge >= 0.3 is 0 Å². The van der Waals surface area contributed by atoms with E-state index in [1.54, 1.807) is 0 Å². The van der Waals surface area contributed by atoms with E-state index >= 15 is 0 Å². The van der Waals surface area contributed by atoms with Crippen LogP contribution >= 0.6 is 0 Å². The Morgan fingerprint density at radius 3 is 1.25 bits per heavy atom. The highest BCUT2D eigenvalue weighted by atomic mass is 16.1. The number of hydrogen-bond donors (Lipinski definition) is 0. The van der Waals surface area contributed by atoms with Crippen molar-refractivity contribution in [2.24, 2.45) is 0 Å². The molecule has 0 spiro atoms. The van der Waals surface area contributed by atoms with Gasteiger partial charge in [0.2, 0.25) is 0 Å². The van der Waals surface area contributed by atoms with Crippen LogP contribution in [-0.4, -0.2) is 5.78 Å². The number of allylic oxidation sites excluding steroid dienone is 2. The molecule has 0 saturated carbocycles. The molecule has 0 atom stereocenters. The number of carbonyl (C=O) groups is 1. The lowest BCUT2D eigenvalue weighted by Crippen LogP contribution is -1.91. The fourth-order valence-electron chi connectivity index (χ4n) is 3.81. The van der Waals surface area contributed by atoms with Gasteiger partial charge in [0.25, 0.3) is 0 Å². The zero-order valence-corrected chi connectivity index (χ0v) is 19.6. The summed E-state index contributed by atoms with van der Waals surface area (Å²) >= 11 is 0. The van der Waals surface area contributed by atoms with Gasteiger partial charge in [0.15, 0.2) is 5.78 Å². The third kappa shape index (κ3) is 23.4. The molecule has 166 valence electrons. The fraction of sp³-hybridized carbons (Fsp3) is 0.889. The van der Waals surface area contributed by atoms with Crippen LogP contribution in [0.1, 0.15) is 155 Å². The highest BCUT2D eigenvalue weighted by Crippen LogP contribution is 2.14. The van der Waals surface area contributed by atoms with Crippen LogP contribution in [0.4, 0.5) is 0 Å². The first-order valence-electron chi connectivity index (χ1n) is 13.0. The summed E-state index contributed by atoms with van der Waals surface area (Å²) in [7, 11) is 0. The van der Waals surface area contributed by atoms with Crippen LogP contribution in [0.2, 0.25) is 0 Å². The Kier molecular flexibility index (Phi) is 23.9. The van der Waals surface area contributed by atoms with Gasteiger partial charge in [0.1, 0.15) is 0 Å². The molecule has 0 amide bonds. The van der Waals surface area contributed by atoms with Crippen molar-refractivity contribution in [1.29, 1.82) is 0 Å². The molecule has 0 aliphatic rings. The van der Waals surface area contributed by atoms with Crippen molar-refractivity contribution in [2.45, 2.75) is 155 Å². The Labute approximate surface area is 178 Å². The number of hydrogen-bond acceptors (Lipinski definition) is 1. The molecule has 0 aromatic carbocycles. The van der Waals surface area contributed by atoms with Crippen LogP contribution in [-0.2, 0) is 4.79 Å². The summed E-state index contributed by atoms with van der Waals surface area (Å²) < 4.78 is 0. The minimum Gasteiger partial charge on any atom is -0.295 e. The Morgan fingerprint density at radius 2 is 0.857 bits per heavy atom. The van der Waals surface area contributed by atoms with Crippen LogP contribution in [0, 0.1) is 0 Å². The van der Waals surface area contributed by atoms with E-state index in [1.165, 1.54) is 116 Å². The van der Waals surface area contributed by atoms with Crippen LogP contribution in [0.15, 0.2) is 12.2 Å². The number of unbranched alkanes of at least 4 members (excludes halogenated alkanes) is 19. The molecule has 0 saturated heterocycles. The summed E-state index contributed by atoms with van der Waals surface area (Å²) in [6, 6.07) is 0. The van der Waals surface area contributed by atoms with E-state index in [2.05, 4.69) is 19.9 Å². The van der Waals surface area contributed by atoms with Crippen molar-refractivity contribution in [2.75, 3.05) is 0 Å². The molecule has 0 bridgehead atoms. The van der Waals surface area contributed by atoms with Gasteiger partial charge in [0.05, 0.1) is 0 Å². The average molecular weight is 393 g/mol. The van der Waals surface area contributed by atoms with Gasteiger partial charge in [-0.1, -0.05) is 135 Å². The SMILES string of the molecule is CCCCCCCCCCCCCCCCCCCC/C=C/C(=O)CCCC. The molecule has 0 aliphatic heterocycles. The predicted octanol–water partition coefficient (Wildman–Crippen LogP) is 9.73. The molecular weight excluding hydrogens is 340 g/mol. The van der Waals surface area contributed by atoms with Crippen LogP contribution in [0.5, 0.6) is 0 Å². The standard InChI is InChI=1S/C27H52O/c1-3-5-7-8-9-10-11-12-13-14-15-16-17-18-19-20-21-22-23-24-26-27(28)25-6-4-2/h24,26H,3-23,25H2,1-2H3/b26-24+. The molecule has 0 unspecified atom stereocenters. The second-order valence-corrected chi connectivity index (χ2v) is 8.77. The van der Waals surface area contributed by atoms with Crippen molar-refractivity contribution in [3.8, 4) is 0 Å². The molecule has 0 radical (unpaired) electrons. The van der Waals surface area contributed by atoms with Gasteiger partial charge in [-0.25, -0.2) is 0 Å². The molecule has 1 heteroatoms. The molecule has 0 aliphatic carbocycles. The summed E-state index contributed by atoms with van der Waals surface area (Å²) in [5.41, 5.74) is 0. The smallest absolute Gasteiger partial charge is 0.155 e. The zero-order chi connectivity index (χ0) is 20.5. The van der Waals surface area contributed by atoms with Crippen LogP contribution in [0.3, 0.4) is 0 Å². The summed E-state index contributed by atoms with van der Waals surface area (Å²) in [5, 5.41) is 0. The monoisotopic (exact) mass is 392 g/mol. The highest BCUT2D eigenvalue weighted by Gasteiger charge is 1.96. The minimum absolute atomic E-state index is 0.309. The minimum atomic E-state index is 0.309. The van der Waals surface area contributed by atoms with Crippen molar-refractivity contribution in [1.82, 2.24) is 0 Å². The number of carbonyl (C=O) groups excluding carboxylic acids is 1. The Bertz CT molecular complexity index is 331. The maximum absolute atomic E-state index is 11.5. The normalized spacial score (nSPS) is 11.5. The molecule has 0 heterocycles. The molecule has 0 fully saturated rings. The molecule has 0 aromatic rings. The summed E-state index contributed by atoms with van der Waals surface area (Å²) in [4.78, 5) is 11.5. The summed E-state index contributed by atoms with van der Waals surface area (Å²) in [6.45, 7) is 4.43. The van der Waals surface area contributed by atoms with Gasteiger partial charge in [0, 0.05) is 6.42 Å². The zero-order valence-electron chi connectivity index (χ0n) is 19.6. The van der Waals surface area contributed by atoms with Gasteiger partial charge in [-0.2, -0.15) is 0 Å². The van der Waals surface area contributed by atoms with Gasteiger partial charge in [-0.3, -0.25) is 4.79 Å². The largest absolute Gasteiger partial charge is 0.295 e. The van der Waals surface area contributed by atoms with Crippen molar-refractivity contribution >= 4 is 5.78 Å². The van der Waals surface area contributed by atoms with Crippen molar-refractivity contribution < 1.29 is 4.79 Å². The number of ketones is 1. The van der Waals surface area contributed by atoms with E-state index in [9.17, 15) is 4.79 Å². The molecule has 0 rings (SSSR count). The third-order valence-electron chi connectivity index (χ3n) is 5.80. The predicted molar refractivity (Wildman–Crippen MR) is 127 cm³/mol. The second-order valence-electron chi connectivity index (χ2n) is 8.77. The van der Waals surface area contributed by atoms with Crippen LogP contribution < -0.4 is 0 Å². The average Bonchev–Trinajstić information content (AvgIpc) is 2.70. The summed E-state index contributed by atoms with van der Waals surface area (Å²) in [5.74, 6) is 0.309. The Morgan fingerprint density at radius 1 is 0.500 bits per heavy atom. The van der Waals surface area contributed by atoms with E-state index in [0.29, 0.717) is 5.78 Å². The molecule has 0 N–H and O–H groups in total. The van der Waals surface area contributed by atoms with Gasteiger partial charge < -0.3 is 0 Å². The molecule has 1 nitrogen and oxygen atoms in total. The van der Waals surface area contributed by atoms with E-state index < -0.39 is 0 Å². The lowest BCUT2D eigenvalue weighted by atomic mass is 10.0. The molecule has 0 aromatic heterocycles. The lowest BCUT2D eigenvalue weighted by Gasteiger charge is -2.03. The van der Waals surface area contributed by atoms with E-state index in [-0.39, 0.29) is 0 Å². The maximum atomic E-state index is 11.5. The third-order valence-corrected chi connectivity index (χ3v) is 5.80. The topological polar surface area (TPSA) is 17.1 Å². The first-order valence-corrected chi connectivity index (χ1v) is 13.0. The van der Waals surface area contributed by atoms with E-state index in [0.717, 1.165) is 25.7 Å². The maximum Gasteiger partial charge on any atom is 0.155 e. The van der Waals surface area contributed by atoms with Gasteiger partial charge in [-0.15, -0.1) is 0 Å². The highest BCUT2D eigenvalue weighted by molar-refractivity contribution is 5.89. The van der Waals surface area contributed by atoms with Gasteiger partial charge in [-0.05, 0) is 25.3 Å². The fourth-order valence-corrected chi connectivity index (χ4v) is 3.81. The number of rotatable bonds is 23. The quantitative estimate of drug-likeness (QED) is 0.125. The van der Waals surface area contributed by atoms with Crippen molar-refractivity contribution in [3.63, 3.8) is 0 Å². The van der Waals surface area contributed by atoms with Crippen molar-refractivity contribution in [3.05, 3.63) is 12.2 Å². The Balaban J connectivity index is 3.10. The lowest BCUT2D eigenvalue weighted by molar-refractivity contribution is -0.114. The first kappa shape index (κ1) is 27.4. The van der Waals surface area contributed by atoms with Crippen LogP contribution in [0.25, 0.3) is 0 Å².